The Hall–Kier alpha value is -0.870. The van der Waals surface area contributed by atoms with Crippen molar-refractivity contribution in [3.8, 4) is 0 Å². The molecule has 0 spiro atoms. The first-order valence-electron chi connectivity index (χ1n) is 7.61. The maximum atomic E-state index is 5.53. The van der Waals surface area contributed by atoms with E-state index in [1.54, 1.807) is 0 Å². The van der Waals surface area contributed by atoms with Crippen LogP contribution in [0.15, 0.2) is 12.5 Å². The van der Waals surface area contributed by atoms with Crippen LogP contribution in [-0.2, 0) is 4.74 Å². The van der Waals surface area contributed by atoms with Crippen LogP contribution in [0, 0.1) is 5.92 Å². The average Bonchev–Trinajstić information content (AvgIpc) is 3.09. The molecule has 0 bridgehead atoms. The molecule has 0 saturated carbocycles. The SMILES string of the molecule is CC1CCCC(c2cncn2C(C)C2CCOC2)N1. The molecule has 4 unspecified atom stereocenters. The molecule has 0 aromatic carbocycles. The van der Waals surface area contributed by atoms with Crippen molar-refractivity contribution in [3.63, 3.8) is 0 Å². The molecule has 3 heterocycles. The second-order valence-corrected chi connectivity index (χ2v) is 6.14. The minimum Gasteiger partial charge on any atom is -0.381 e. The summed E-state index contributed by atoms with van der Waals surface area (Å²) in [5.74, 6) is 0.633. The van der Waals surface area contributed by atoms with Crippen LogP contribution in [0.5, 0.6) is 0 Å². The molecular formula is C15H25N3O. The fourth-order valence-corrected chi connectivity index (χ4v) is 3.46. The van der Waals surface area contributed by atoms with Gasteiger partial charge >= 0.3 is 0 Å². The van der Waals surface area contributed by atoms with E-state index < -0.39 is 0 Å². The van der Waals surface area contributed by atoms with Crippen LogP contribution in [-0.4, -0.2) is 28.8 Å². The van der Waals surface area contributed by atoms with Gasteiger partial charge in [-0.05, 0) is 39.5 Å². The molecule has 2 fully saturated rings. The number of nitrogens with one attached hydrogen (secondary N) is 1. The van der Waals surface area contributed by atoms with Gasteiger partial charge in [0.1, 0.15) is 0 Å². The second kappa shape index (κ2) is 5.63. The Bertz CT molecular complexity index is 395. The monoisotopic (exact) mass is 263 g/mol. The summed E-state index contributed by atoms with van der Waals surface area (Å²) in [6, 6.07) is 1.57. The number of imidazole rings is 1. The largest absolute Gasteiger partial charge is 0.381 e. The van der Waals surface area contributed by atoms with Gasteiger partial charge < -0.3 is 14.6 Å². The number of nitrogens with zero attached hydrogens (tertiary/aromatic N) is 2. The van der Waals surface area contributed by atoms with E-state index in [0.29, 0.717) is 24.0 Å². The zero-order valence-electron chi connectivity index (χ0n) is 12.0. The van der Waals surface area contributed by atoms with Crippen molar-refractivity contribution >= 4 is 0 Å². The lowest BCUT2D eigenvalue weighted by atomic mass is 9.96. The maximum Gasteiger partial charge on any atom is 0.0951 e. The highest BCUT2D eigenvalue weighted by Gasteiger charge is 2.28. The van der Waals surface area contributed by atoms with Gasteiger partial charge in [0.25, 0.3) is 0 Å². The molecular weight excluding hydrogens is 238 g/mol. The third kappa shape index (κ3) is 2.70. The summed E-state index contributed by atoms with van der Waals surface area (Å²) in [6.07, 6.45) is 9.04. The van der Waals surface area contributed by atoms with Gasteiger partial charge in [0, 0.05) is 36.8 Å². The van der Waals surface area contributed by atoms with Gasteiger partial charge in [-0.2, -0.15) is 0 Å². The number of rotatable bonds is 3. The highest BCUT2D eigenvalue weighted by atomic mass is 16.5. The number of piperidine rings is 1. The average molecular weight is 263 g/mol. The topological polar surface area (TPSA) is 39.1 Å². The Morgan fingerprint density at radius 3 is 3.05 bits per heavy atom. The Morgan fingerprint density at radius 1 is 1.42 bits per heavy atom. The first kappa shape index (κ1) is 13.1. The van der Waals surface area contributed by atoms with Crippen molar-refractivity contribution in [1.29, 1.82) is 0 Å². The predicted molar refractivity (Wildman–Crippen MR) is 75.1 cm³/mol. The molecule has 4 atom stereocenters. The normalized spacial score (nSPS) is 33.5. The minimum absolute atomic E-state index is 0.469. The summed E-state index contributed by atoms with van der Waals surface area (Å²) in [4.78, 5) is 4.40. The predicted octanol–water partition coefficient (Wildman–Crippen LogP) is 2.68. The van der Waals surface area contributed by atoms with Crippen LogP contribution in [0.25, 0.3) is 0 Å². The quantitative estimate of drug-likeness (QED) is 0.911. The van der Waals surface area contributed by atoms with E-state index in [0.717, 1.165) is 13.2 Å². The molecule has 4 nitrogen and oxygen atoms in total. The summed E-state index contributed by atoms with van der Waals surface area (Å²) < 4.78 is 7.90. The maximum absolute atomic E-state index is 5.53. The molecule has 1 aromatic heterocycles. The molecule has 0 radical (unpaired) electrons. The zero-order valence-corrected chi connectivity index (χ0v) is 12.0. The third-order valence-electron chi connectivity index (χ3n) is 4.75. The van der Waals surface area contributed by atoms with E-state index in [4.69, 9.17) is 4.74 Å². The van der Waals surface area contributed by atoms with Crippen LogP contribution in [0.3, 0.4) is 0 Å². The summed E-state index contributed by atoms with van der Waals surface area (Å²) in [5, 5.41) is 3.71. The number of hydrogen-bond donors (Lipinski definition) is 1. The fourth-order valence-electron chi connectivity index (χ4n) is 3.46. The van der Waals surface area contributed by atoms with E-state index in [9.17, 15) is 0 Å². The highest BCUT2D eigenvalue weighted by molar-refractivity contribution is 5.09. The Balaban J connectivity index is 1.77. The van der Waals surface area contributed by atoms with E-state index in [2.05, 4.69) is 28.7 Å². The van der Waals surface area contributed by atoms with Crippen molar-refractivity contribution in [3.05, 3.63) is 18.2 Å². The molecule has 3 rings (SSSR count). The Kier molecular flexibility index (Phi) is 3.89. The van der Waals surface area contributed by atoms with E-state index in [1.165, 1.54) is 31.4 Å². The lowest BCUT2D eigenvalue weighted by Crippen LogP contribution is -2.36. The van der Waals surface area contributed by atoms with Crippen molar-refractivity contribution in [1.82, 2.24) is 14.9 Å². The summed E-state index contributed by atoms with van der Waals surface area (Å²) in [6.45, 7) is 6.39. The molecule has 106 valence electrons. The third-order valence-corrected chi connectivity index (χ3v) is 4.75. The standard InChI is InChI=1S/C15H25N3O/c1-11-4-3-5-14(17-11)15-8-16-10-18(15)12(2)13-6-7-19-9-13/h8,10-14,17H,3-7,9H2,1-2H3. The molecule has 19 heavy (non-hydrogen) atoms. The lowest BCUT2D eigenvalue weighted by molar-refractivity contribution is 0.174. The summed E-state index contributed by atoms with van der Waals surface area (Å²) in [5.41, 5.74) is 1.35. The first-order chi connectivity index (χ1) is 9.25. The van der Waals surface area contributed by atoms with Crippen molar-refractivity contribution in [2.75, 3.05) is 13.2 Å². The summed E-state index contributed by atoms with van der Waals surface area (Å²) >= 11 is 0. The lowest BCUT2D eigenvalue weighted by Gasteiger charge is -2.31. The van der Waals surface area contributed by atoms with Crippen LogP contribution >= 0.6 is 0 Å². The van der Waals surface area contributed by atoms with Crippen LogP contribution in [0.1, 0.15) is 57.3 Å². The zero-order chi connectivity index (χ0) is 13.2. The van der Waals surface area contributed by atoms with Gasteiger partial charge in [0.2, 0.25) is 0 Å². The van der Waals surface area contributed by atoms with Crippen LogP contribution in [0.4, 0.5) is 0 Å². The van der Waals surface area contributed by atoms with E-state index in [1.807, 2.05) is 12.5 Å². The van der Waals surface area contributed by atoms with Crippen LogP contribution in [0.2, 0.25) is 0 Å². The van der Waals surface area contributed by atoms with Gasteiger partial charge in [-0.25, -0.2) is 4.98 Å². The number of aromatic nitrogens is 2. The van der Waals surface area contributed by atoms with Gasteiger partial charge in [-0.15, -0.1) is 0 Å². The van der Waals surface area contributed by atoms with Crippen molar-refractivity contribution in [2.45, 2.75) is 57.7 Å². The summed E-state index contributed by atoms with van der Waals surface area (Å²) in [7, 11) is 0. The molecule has 1 aromatic rings. The fraction of sp³-hybridized carbons (Fsp3) is 0.800. The molecule has 1 N–H and O–H groups in total. The Labute approximate surface area is 115 Å². The van der Waals surface area contributed by atoms with Gasteiger partial charge in [0.05, 0.1) is 18.6 Å². The van der Waals surface area contributed by atoms with Crippen molar-refractivity contribution < 1.29 is 4.74 Å². The van der Waals surface area contributed by atoms with Crippen molar-refractivity contribution in [2.24, 2.45) is 5.92 Å². The molecule has 2 aliphatic heterocycles. The van der Waals surface area contributed by atoms with Gasteiger partial charge in [-0.1, -0.05) is 0 Å². The second-order valence-electron chi connectivity index (χ2n) is 6.14. The first-order valence-corrected chi connectivity index (χ1v) is 7.61. The van der Waals surface area contributed by atoms with E-state index in [-0.39, 0.29) is 0 Å². The van der Waals surface area contributed by atoms with Gasteiger partial charge in [0.15, 0.2) is 0 Å². The van der Waals surface area contributed by atoms with E-state index >= 15 is 0 Å². The van der Waals surface area contributed by atoms with Gasteiger partial charge in [-0.3, -0.25) is 0 Å². The molecule has 0 amide bonds. The smallest absolute Gasteiger partial charge is 0.0951 e. The molecule has 2 aliphatic rings. The highest BCUT2D eigenvalue weighted by Crippen LogP contribution is 2.31. The Morgan fingerprint density at radius 2 is 2.32 bits per heavy atom. The number of ether oxygens (including phenoxy) is 1. The van der Waals surface area contributed by atoms with Crippen LogP contribution < -0.4 is 5.32 Å². The molecule has 2 saturated heterocycles. The number of hydrogen-bond acceptors (Lipinski definition) is 3. The molecule has 0 aliphatic carbocycles. The minimum atomic E-state index is 0.469. The molecule has 4 heteroatoms.